The molecule has 4 rings (SSSR count). The number of hydrogen-bond acceptors (Lipinski definition) is 6. The molecule has 0 radical (unpaired) electrons. The first-order valence-electron chi connectivity index (χ1n) is 10.7. The van der Waals surface area contributed by atoms with Crippen molar-refractivity contribution in [2.75, 3.05) is 64.4 Å². The van der Waals surface area contributed by atoms with Crippen molar-refractivity contribution in [3.05, 3.63) is 18.0 Å². The van der Waals surface area contributed by atoms with Gasteiger partial charge in [-0.05, 0) is 12.8 Å². The van der Waals surface area contributed by atoms with E-state index in [2.05, 4.69) is 41.9 Å². The van der Waals surface area contributed by atoms with Crippen molar-refractivity contribution in [2.24, 2.45) is 4.99 Å². The van der Waals surface area contributed by atoms with E-state index in [1.165, 1.54) is 50.3 Å². The lowest BCUT2D eigenvalue weighted by atomic mass is 9.94. The van der Waals surface area contributed by atoms with Crippen LogP contribution in [-0.2, 0) is 6.54 Å². The van der Waals surface area contributed by atoms with Gasteiger partial charge in [0.05, 0.1) is 5.69 Å². The molecule has 8 heteroatoms. The van der Waals surface area contributed by atoms with Crippen LogP contribution in [-0.4, -0.2) is 95.7 Å². The minimum Gasteiger partial charge on any atom is -0.364 e. The molecule has 1 aromatic heterocycles. The van der Waals surface area contributed by atoms with Crippen LogP contribution in [0.1, 0.15) is 31.4 Å². The van der Waals surface area contributed by atoms with E-state index in [0.29, 0.717) is 5.54 Å². The number of guanidine groups is 1. The maximum Gasteiger partial charge on any atom is 0.193 e. The summed E-state index contributed by atoms with van der Waals surface area (Å²) in [5.41, 5.74) is 1.35. The molecule has 2 saturated heterocycles. The number of aromatic nitrogens is 1. The fraction of sp³-hybridized carbons (Fsp3) is 0.800. The van der Waals surface area contributed by atoms with E-state index in [1.54, 1.807) is 6.26 Å². The first-order valence-corrected chi connectivity index (χ1v) is 11.8. The molecule has 0 bridgehead atoms. The Labute approximate surface area is 172 Å². The van der Waals surface area contributed by atoms with Gasteiger partial charge in [0.15, 0.2) is 5.96 Å². The summed E-state index contributed by atoms with van der Waals surface area (Å²) in [4.78, 5) is 12.2. The van der Waals surface area contributed by atoms with Crippen LogP contribution < -0.4 is 5.32 Å². The normalized spacial score (nSPS) is 24.6. The quantitative estimate of drug-likeness (QED) is 0.590. The number of rotatable bonds is 5. The Kier molecular flexibility index (Phi) is 6.80. The Balaban J connectivity index is 1.29. The Morgan fingerprint density at radius 3 is 2.57 bits per heavy atom. The third-order valence-electron chi connectivity index (χ3n) is 6.55. The molecular formula is C20H34N6OS. The smallest absolute Gasteiger partial charge is 0.193 e. The van der Waals surface area contributed by atoms with E-state index in [0.717, 1.165) is 50.9 Å². The maximum absolute atomic E-state index is 4.95. The number of piperazine rings is 1. The SMILES string of the molecule is CN=C(NCC1(N2CCSCC2)CCCC1)N1CCN(Cc2ccon2)CC1. The van der Waals surface area contributed by atoms with Gasteiger partial charge in [-0.25, -0.2) is 0 Å². The summed E-state index contributed by atoms with van der Waals surface area (Å²) < 4.78 is 4.95. The number of aliphatic imine (C=N–C) groups is 1. The van der Waals surface area contributed by atoms with Crippen LogP contribution >= 0.6 is 11.8 Å². The van der Waals surface area contributed by atoms with Gasteiger partial charge < -0.3 is 14.7 Å². The highest BCUT2D eigenvalue weighted by Gasteiger charge is 2.40. The van der Waals surface area contributed by atoms with Crippen LogP contribution in [0.15, 0.2) is 21.8 Å². The lowest BCUT2D eigenvalue weighted by Gasteiger charge is -2.44. The second-order valence-corrected chi connectivity index (χ2v) is 9.41. The average molecular weight is 407 g/mol. The first kappa shape index (κ1) is 20.0. The van der Waals surface area contributed by atoms with Crippen molar-refractivity contribution in [2.45, 2.75) is 37.8 Å². The van der Waals surface area contributed by atoms with Crippen molar-refractivity contribution in [3.63, 3.8) is 0 Å². The molecule has 3 aliphatic rings. The molecule has 0 aromatic carbocycles. The van der Waals surface area contributed by atoms with Gasteiger partial charge in [0.25, 0.3) is 0 Å². The Bertz CT molecular complexity index is 617. The third kappa shape index (κ3) is 4.66. The summed E-state index contributed by atoms with van der Waals surface area (Å²) in [5.74, 6) is 3.63. The number of thioether (sulfide) groups is 1. The van der Waals surface area contributed by atoms with Gasteiger partial charge in [-0.2, -0.15) is 11.8 Å². The zero-order valence-electron chi connectivity index (χ0n) is 17.1. The van der Waals surface area contributed by atoms with Gasteiger partial charge in [-0.1, -0.05) is 18.0 Å². The molecule has 2 aliphatic heterocycles. The zero-order chi connectivity index (χ0) is 19.2. The van der Waals surface area contributed by atoms with E-state index >= 15 is 0 Å². The summed E-state index contributed by atoms with van der Waals surface area (Å²) in [6.45, 7) is 8.45. The fourth-order valence-electron chi connectivity index (χ4n) is 4.92. The Morgan fingerprint density at radius 1 is 1.18 bits per heavy atom. The van der Waals surface area contributed by atoms with Crippen LogP contribution in [0.2, 0.25) is 0 Å². The van der Waals surface area contributed by atoms with Gasteiger partial charge in [0, 0.05) is 82.5 Å². The maximum atomic E-state index is 4.95. The molecule has 3 heterocycles. The number of nitrogens with one attached hydrogen (secondary N) is 1. The second-order valence-electron chi connectivity index (χ2n) is 8.19. The lowest BCUT2D eigenvalue weighted by molar-refractivity contribution is 0.105. The number of nitrogens with zero attached hydrogens (tertiary/aromatic N) is 5. The van der Waals surface area contributed by atoms with Crippen LogP contribution in [0, 0.1) is 0 Å². The zero-order valence-corrected chi connectivity index (χ0v) is 17.9. The van der Waals surface area contributed by atoms with E-state index in [-0.39, 0.29) is 0 Å². The van der Waals surface area contributed by atoms with Gasteiger partial charge in [-0.15, -0.1) is 0 Å². The number of hydrogen-bond donors (Lipinski definition) is 1. The highest BCUT2D eigenvalue weighted by molar-refractivity contribution is 7.99. The Hall–Kier alpha value is -1.25. The molecule has 0 atom stereocenters. The molecule has 1 N–H and O–H groups in total. The molecule has 7 nitrogen and oxygen atoms in total. The predicted octanol–water partition coefficient (Wildman–Crippen LogP) is 1.73. The topological polar surface area (TPSA) is 60.1 Å². The minimum atomic E-state index is 0.339. The first-order chi connectivity index (χ1) is 13.8. The summed E-state index contributed by atoms with van der Waals surface area (Å²) in [7, 11) is 1.92. The van der Waals surface area contributed by atoms with Gasteiger partial charge in [0.2, 0.25) is 0 Å². The molecular weight excluding hydrogens is 372 g/mol. The highest BCUT2D eigenvalue weighted by Crippen LogP contribution is 2.36. The van der Waals surface area contributed by atoms with Crippen LogP contribution in [0.3, 0.4) is 0 Å². The Morgan fingerprint density at radius 2 is 1.93 bits per heavy atom. The molecule has 3 fully saturated rings. The molecule has 28 heavy (non-hydrogen) atoms. The average Bonchev–Trinajstić information content (AvgIpc) is 3.43. The van der Waals surface area contributed by atoms with Crippen molar-refractivity contribution in [1.82, 2.24) is 25.2 Å². The van der Waals surface area contributed by atoms with E-state index in [9.17, 15) is 0 Å². The molecule has 1 aliphatic carbocycles. The molecule has 156 valence electrons. The fourth-order valence-corrected chi connectivity index (χ4v) is 5.82. The largest absolute Gasteiger partial charge is 0.364 e. The molecule has 0 amide bonds. The minimum absolute atomic E-state index is 0.339. The van der Waals surface area contributed by atoms with Gasteiger partial charge in [-0.3, -0.25) is 14.8 Å². The molecule has 1 aromatic rings. The van der Waals surface area contributed by atoms with E-state index in [1.807, 2.05) is 13.1 Å². The summed E-state index contributed by atoms with van der Waals surface area (Å²) in [6.07, 6.45) is 7.03. The van der Waals surface area contributed by atoms with Gasteiger partial charge >= 0.3 is 0 Å². The summed E-state index contributed by atoms with van der Waals surface area (Å²) in [5, 5.41) is 7.79. The summed E-state index contributed by atoms with van der Waals surface area (Å²) >= 11 is 2.10. The lowest BCUT2D eigenvalue weighted by Crippen LogP contribution is -2.59. The van der Waals surface area contributed by atoms with Gasteiger partial charge in [0.1, 0.15) is 6.26 Å². The van der Waals surface area contributed by atoms with E-state index < -0.39 is 0 Å². The second kappa shape index (κ2) is 9.50. The van der Waals surface area contributed by atoms with Crippen molar-refractivity contribution in [1.29, 1.82) is 0 Å². The van der Waals surface area contributed by atoms with E-state index in [4.69, 9.17) is 4.52 Å². The molecule has 1 saturated carbocycles. The predicted molar refractivity (Wildman–Crippen MR) is 115 cm³/mol. The monoisotopic (exact) mass is 406 g/mol. The highest BCUT2D eigenvalue weighted by atomic mass is 32.2. The van der Waals surface area contributed by atoms with Crippen molar-refractivity contribution in [3.8, 4) is 0 Å². The standard InChI is InChI=1S/C20H34N6OS/c1-21-19(25-9-7-24(8-10-25)16-18-4-13-27-23-18)22-17-20(5-2-3-6-20)26-11-14-28-15-12-26/h4,13H,2-3,5-12,14-17H2,1H3,(H,21,22). The van der Waals surface area contributed by atoms with Crippen LogP contribution in [0.5, 0.6) is 0 Å². The third-order valence-corrected chi connectivity index (χ3v) is 7.49. The summed E-state index contributed by atoms with van der Waals surface area (Å²) in [6, 6.07) is 1.95. The molecule has 0 spiro atoms. The molecule has 0 unspecified atom stereocenters. The van der Waals surface area contributed by atoms with Crippen LogP contribution in [0.25, 0.3) is 0 Å². The van der Waals surface area contributed by atoms with Crippen molar-refractivity contribution < 1.29 is 4.52 Å². The van der Waals surface area contributed by atoms with Crippen molar-refractivity contribution >= 4 is 17.7 Å². The van der Waals surface area contributed by atoms with Crippen LogP contribution in [0.4, 0.5) is 0 Å².